The first-order valence-electron chi connectivity index (χ1n) is 8.52. The second-order valence-electron chi connectivity index (χ2n) is 5.91. The number of hydrogen-bond acceptors (Lipinski definition) is 3. The van der Waals surface area contributed by atoms with Crippen LogP contribution in [0.5, 0.6) is 5.75 Å². The summed E-state index contributed by atoms with van der Waals surface area (Å²) in [6.45, 7) is 4.53. The van der Waals surface area contributed by atoms with Gasteiger partial charge in [0, 0.05) is 28.1 Å². The van der Waals surface area contributed by atoms with E-state index in [-0.39, 0.29) is 5.91 Å². The third-order valence-electron chi connectivity index (χ3n) is 3.75. The molecule has 1 atom stereocenters. The van der Waals surface area contributed by atoms with Crippen LogP contribution in [0.2, 0.25) is 10.0 Å². The molecule has 0 heterocycles. The zero-order chi connectivity index (χ0) is 18.9. The van der Waals surface area contributed by atoms with Gasteiger partial charge in [-0.15, -0.1) is 0 Å². The average molecular weight is 412 g/mol. The van der Waals surface area contributed by atoms with Crippen LogP contribution in [-0.4, -0.2) is 24.3 Å². The summed E-state index contributed by atoms with van der Waals surface area (Å²) >= 11 is 13.8. The number of carbonyl (C=O) groups excluding carboxylic acids is 1. The fraction of sp³-hybridized carbons (Fsp3) is 0.350. The van der Waals surface area contributed by atoms with Gasteiger partial charge in [-0.25, -0.2) is 0 Å². The van der Waals surface area contributed by atoms with Gasteiger partial charge in [0.05, 0.1) is 0 Å². The van der Waals surface area contributed by atoms with E-state index in [1.165, 1.54) is 0 Å². The van der Waals surface area contributed by atoms with Crippen molar-refractivity contribution in [1.82, 2.24) is 5.32 Å². The SMILES string of the molecule is CC[C@@H](Oc1cccc(C)c1)C(=O)NCCSCc1ccc(Cl)cc1Cl. The minimum Gasteiger partial charge on any atom is -0.481 e. The summed E-state index contributed by atoms with van der Waals surface area (Å²) < 4.78 is 5.81. The molecule has 1 amide bonds. The average Bonchev–Trinajstić information content (AvgIpc) is 2.61. The maximum absolute atomic E-state index is 12.3. The molecule has 0 radical (unpaired) electrons. The Bertz CT molecular complexity index is 740. The molecule has 0 bridgehead atoms. The van der Waals surface area contributed by atoms with Gasteiger partial charge in [0.2, 0.25) is 0 Å². The van der Waals surface area contributed by atoms with Crippen LogP contribution in [-0.2, 0) is 10.5 Å². The largest absolute Gasteiger partial charge is 0.481 e. The molecule has 26 heavy (non-hydrogen) atoms. The molecule has 0 spiro atoms. The molecule has 0 aliphatic rings. The standard InChI is InChI=1S/C20H23Cl2NO2S/c1-3-19(25-17-6-4-5-14(2)11-17)20(24)23-9-10-26-13-15-7-8-16(21)12-18(15)22/h4-8,11-12,19H,3,9-10,13H2,1-2H3,(H,23,24)/t19-/m1/s1. The number of hydrogen-bond donors (Lipinski definition) is 1. The number of halogens is 2. The van der Waals surface area contributed by atoms with Crippen LogP contribution < -0.4 is 10.1 Å². The summed E-state index contributed by atoms with van der Waals surface area (Å²) in [7, 11) is 0. The number of rotatable bonds is 9. The highest BCUT2D eigenvalue weighted by Gasteiger charge is 2.17. The molecule has 3 nitrogen and oxygen atoms in total. The van der Waals surface area contributed by atoms with Gasteiger partial charge in [-0.3, -0.25) is 4.79 Å². The number of ether oxygens (including phenoxy) is 1. The van der Waals surface area contributed by atoms with Crippen LogP contribution >= 0.6 is 35.0 Å². The Morgan fingerprint density at radius 3 is 2.73 bits per heavy atom. The predicted octanol–water partition coefficient (Wildman–Crippen LogP) is 5.51. The van der Waals surface area contributed by atoms with Gasteiger partial charge in [-0.1, -0.05) is 48.3 Å². The highest BCUT2D eigenvalue weighted by Crippen LogP contribution is 2.24. The fourth-order valence-corrected chi connectivity index (χ4v) is 3.77. The van der Waals surface area contributed by atoms with E-state index >= 15 is 0 Å². The predicted molar refractivity (Wildman–Crippen MR) is 112 cm³/mol. The molecular weight excluding hydrogens is 389 g/mol. The van der Waals surface area contributed by atoms with E-state index in [1.807, 2.05) is 50.2 Å². The lowest BCUT2D eigenvalue weighted by Gasteiger charge is -2.17. The van der Waals surface area contributed by atoms with Crippen molar-refractivity contribution in [1.29, 1.82) is 0 Å². The molecule has 0 aliphatic carbocycles. The van der Waals surface area contributed by atoms with Crippen molar-refractivity contribution >= 4 is 40.9 Å². The molecule has 6 heteroatoms. The first-order chi connectivity index (χ1) is 12.5. The molecule has 0 fully saturated rings. The molecule has 2 aromatic rings. The van der Waals surface area contributed by atoms with Gasteiger partial charge < -0.3 is 10.1 Å². The van der Waals surface area contributed by atoms with Crippen molar-refractivity contribution in [2.45, 2.75) is 32.1 Å². The fourth-order valence-electron chi connectivity index (χ4n) is 2.36. The van der Waals surface area contributed by atoms with Gasteiger partial charge in [0.25, 0.3) is 5.91 Å². The molecule has 2 rings (SSSR count). The van der Waals surface area contributed by atoms with E-state index in [0.717, 1.165) is 28.4 Å². The van der Waals surface area contributed by atoms with Gasteiger partial charge >= 0.3 is 0 Å². The van der Waals surface area contributed by atoms with Crippen molar-refractivity contribution in [3.8, 4) is 5.75 Å². The van der Waals surface area contributed by atoms with Crippen molar-refractivity contribution in [3.63, 3.8) is 0 Å². The van der Waals surface area contributed by atoms with Gasteiger partial charge in [-0.2, -0.15) is 11.8 Å². The van der Waals surface area contributed by atoms with Crippen molar-refractivity contribution in [2.75, 3.05) is 12.3 Å². The number of nitrogens with one attached hydrogen (secondary N) is 1. The summed E-state index contributed by atoms with van der Waals surface area (Å²) in [6.07, 6.45) is 0.139. The van der Waals surface area contributed by atoms with Crippen LogP contribution in [0.3, 0.4) is 0 Å². The number of aryl methyl sites for hydroxylation is 1. The zero-order valence-corrected chi connectivity index (χ0v) is 17.3. The molecule has 140 valence electrons. The first kappa shape index (κ1) is 20.9. The van der Waals surface area contributed by atoms with Crippen LogP contribution in [0.15, 0.2) is 42.5 Å². The number of thioether (sulfide) groups is 1. The van der Waals surface area contributed by atoms with Gasteiger partial charge in [-0.05, 0) is 48.7 Å². The summed E-state index contributed by atoms with van der Waals surface area (Å²) in [6, 6.07) is 13.2. The monoisotopic (exact) mass is 411 g/mol. The molecule has 0 aromatic heterocycles. The highest BCUT2D eigenvalue weighted by molar-refractivity contribution is 7.98. The van der Waals surface area contributed by atoms with E-state index in [1.54, 1.807) is 17.8 Å². The van der Waals surface area contributed by atoms with Crippen molar-refractivity contribution in [3.05, 3.63) is 63.6 Å². The summed E-state index contributed by atoms with van der Waals surface area (Å²) in [4.78, 5) is 12.3. The lowest BCUT2D eigenvalue weighted by atomic mass is 10.2. The van der Waals surface area contributed by atoms with Crippen LogP contribution in [0.4, 0.5) is 0 Å². The van der Waals surface area contributed by atoms with Crippen LogP contribution in [0.25, 0.3) is 0 Å². The van der Waals surface area contributed by atoms with Gasteiger partial charge in [0.15, 0.2) is 6.10 Å². The Balaban J connectivity index is 1.72. The van der Waals surface area contributed by atoms with Crippen LogP contribution in [0.1, 0.15) is 24.5 Å². The van der Waals surface area contributed by atoms with Crippen molar-refractivity contribution < 1.29 is 9.53 Å². The number of carbonyl (C=O) groups is 1. The normalized spacial score (nSPS) is 11.8. The Labute approximate surface area is 169 Å². The molecule has 0 saturated carbocycles. The maximum atomic E-state index is 12.3. The minimum atomic E-state index is -0.479. The number of benzene rings is 2. The topological polar surface area (TPSA) is 38.3 Å². The van der Waals surface area contributed by atoms with Crippen LogP contribution in [0, 0.1) is 6.92 Å². The summed E-state index contributed by atoms with van der Waals surface area (Å²) in [5.41, 5.74) is 2.15. The summed E-state index contributed by atoms with van der Waals surface area (Å²) in [5, 5.41) is 4.25. The quantitative estimate of drug-likeness (QED) is 0.552. The minimum absolute atomic E-state index is 0.0841. The number of amides is 1. The molecule has 2 aromatic carbocycles. The first-order valence-corrected chi connectivity index (χ1v) is 10.4. The second kappa shape index (κ2) is 10.7. The smallest absolute Gasteiger partial charge is 0.261 e. The molecule has 0 unspecified atom stereocenters. The Morgan fingerprint density at radius 1 is 1.23 bits per heavy atom. The van der Waals surface area contributed by atoms with E-state index in [4.69, 9.17) is 27.9 Å². The highest BCUT2D eigenvalue weighted by atomic mass is 35.5. The Hall–Kier alpha value is -1.36. The van der Waals surface area contributed by atoms with E-state index in [0.29, 0.717) is 23.0 Å². The van der Waals surface area contributed by atoms with E-state index in [9.17, 15) is 4.79 Å². The molecule has 0 aliphatic heterocycles. The summed E-state index contributed by atoms with van der Waals surface area (Å²) in [5.74, 6) is 2.21. The lowest BCUT2D eigenvalue weighted by Crippen LogP contribution is -2.39. The third-order valence-corrected chi connectivity index (χ3v) is 5.34. The Kier molecular flexibility index (Phi) is 8.63. The molecule has 0 saturated heterocycles. The van der Waals surface area contributed by atoms with E-state index in [2.05, 4.69) is 5.32 Å². The molecule has 1 N–H and O–H groups in total. The maximum Gasteiger partial charge on any atom is 0.261 e. The molecular formula is C20H23Cl2NO2S. The van der Waals surface area contributed by atoms with Gasteiger partial charge in [0.1, 0.15) is 5.75 Å². The zero-order valence-electron chi connectivity index (χ0n) is 14.9. The third kappa shape index (κ3) is 6.75. The lowest BCUT2D eigenvalue weighted by molar-refractivity contribution is -0.127. The van der Waals surface area contributed by atoms with Crippen molar-refractivity contribution in [2.24, 2.45) is 0 Å². The second-order valence-corrected chi connectivity index (χ2v) is 7.86. The Morgan fingerprint density at radius 2 is 2.04 bits per heavy atom. The van der Waals surface area contributed by atoms with E-state index < -0.39 is 6.10 Å².